The zero-order valence-corrected chi connectivity index (χ0v) is 13.8. The summed E-state index contributed by atoms with van der Waals surface area (Å²) in [5, 5.41) is 2.57. The number of para-hydroxylation sites is 2. The van der Waals surface area contributed by atoms with Crippen molar-refractivity contribution in [1.82, 2.24) is 0 Å². The number of benzene rings is 2. The van der Waals surface area contributed by atoms with Gasteiger partial charge in [0.25, 0.3) is 5.91 Å². The fourth-order valence-corrected chi connectivity index (χ4v) is 2.16. The number of nitrogens with one attached hydrogen (secondary N) is 1. The maximum atomic E-state index is 12.4. The highest BCUT2D eigenvalue weighted by molar-refractivity contribution is 6.05. The Kier molecular flexibility index (Phi) is 5.90. The van der Waals surface area contributed by atoms with E-state index in [0.717, 1.165) is 5.56 Å². The van der Waals surface area contributed by atoms with Gasteiger partial charge < -0.3 is 14.8 Å². The second-order valence-electron chi connectivity index (χ2n) is 5.27. The molecule has 1 amide bonds. The predicted molar refractivity (Wildman–Crippen MR) is 88.3 cm³/mol. The third-order valence-electron chi connectivity index (χ3n) is 3.26. The van der Waals surface area contributed by atoms with Crippen LogP contribution in [-0.2, 0) is 0 Å². The molecule has 0 fully saturated rings. The highest BCUT2D eigenvalue weighted by Gasteiger charge is 2.28. The van der Waals surface area contributed by atoms with Crippen molar-refractivity contribution in [2.75, 3.05) is 18.5 Å². The van der Waals surface area contributed by atoms with Gasteiger partial charge in [0.05, 0.1) is 12.3 Å². The van der Waals surface area contributed by atoms with E-state index in [0.29, 0.717) is 17.9 Å². The van der Waals surface area contributed by atoms with Gasteiger partial charge in [0, 0.05) is 5.56 Å². The number of carbonyl (C=O) groups is 1. The van der Waals surface area contributed by atoms with Gasteiger partial charge in [0.2, 0.25) is 0 Å². The Labute approximate surface area is 143 Å². The van der Waals surface area contributed by atoms with Crippen molar-refractivity contribution in [2.24, 2.45) is 0 Å². The molecule has 0 spiro atoms. The summed E-state index contributed by atoms with van der Waals surface area (Å²) in [6.45, 7) is 2.75. The van der Waals surface area contributed by atoms with E-state index in [2.05, 4.69) is 5.32 Å². The molecule has 7 heteroatoms. The lowest BCUT2D eigenvalue weighted by atomic mass is 10.1. The van der Waals surface area contributed by atoms with Crippen molar-refractivity contribution in [2.45, 2.75) is 20.0 Å². The largest absolute Gasteiger partial charge is 0.494 e. The summed E-state index contributed by atoms with van der Waals surface area (Å²) in [6, 6.07) is 10.9. The third kappa shape index (κ3) is 5.41. The number of anilines is 1. The molecular weight excluding hydrogens is 335 g/mol. The first-order valence-electron chi connectivity index (χ1n) is 7.63. The van der Waals surface area contributed by atoms with E-state index in [1.807, 2.05) is 13.8 Å². The molecule has 25 heavy (non-hydrogen) atoms. The second kappa shape index (κ2) is 7.92. The molecule has 0 atom stereocenters. The highest BCUT2D eigenvalue weighted by Crippen LogP contribution is 2.27. The Morgan fingerprint density at radius 3 is 2.44 bits per heavy atom. The van der Waals surface area contributed by atoms with Crippen molar-refractivity contribution >= 4 is 11.6 Å². The zero-order chi connectivity index (χ0) is 18.4. The summed E-state index contributed by atoms with van der Waals surface area (Å²) in [5.74, 6) is 0.179. The molecule has 2 aromatic rings. The van der Waals surface area contributed by atoms with Crippen LogP contribution in [0, 0.1) is 6.92 Å². The molecule has 0 bridgehead atoms. The first-order chi connectivity index (χ1) is 11.8. The van der Waals surface area contributed by atoms with E-state index >= 15 is 0 Å². The number of ether oxygens (including phenoxy) is 2. The lowest BCUT2D eigenvalue weighted by molar-refractivity contribution is -0.153. The number of amides is 1. The Morgan fingerprint density at radius 2 is 1.80 bits per heavy atom. The van der Waals surface area contributed by atoms with Crippen molar-refractivity contribution < 1.29 is 27.4 Å². The maximum absolute atomic E-state index is 12.4. The van der Waals surface area contributed by atoms with Gasteiger partial charge in [-0.3, -0.25) is 4.79 Å². The number of alkyl halides is 3. The van der Waals surface area contributed by atoms with Crippen molar-refractivity contribution in [3.63, 3.8) is 0 Å². The molecule has 1 N–H and O–H groups in total. The molecule has 2 rings (SSSR count). The zero-order valence-electron chi connectivity index (χ0n) is 13.8. The molecule has 0 aromatic heterocycles. The van der Waals surface area contributed by atoms with Crippen LogP contribution in [0.25, 0.3) is 0 Å². The average molecular weight is 353 g/mol. The summed E-state index contributed by atoms with van der Waals surface area (Å²) in [6.07, 6.45) is -4.46. The van der Waals surface area contributed by atoms with Crippen LogP contribution in [0.1, 0.15) is 22.8 Å². The van der Waals surface area contributed by atoms with Crippen LogP contribution in [0.5, 0.6) is 11.5 Å². The Bertz CT molecular complexity index is 745. The fourth-order valence-electron chi connectivity index (χ4n) is 2.16. The van der Waals surface area contributed by atoms with E-state index in [4.69, 9.17) is 9.47 Å². The molecule has 134 valence electrons. The summed E-state index contributed by atoms with van der Waals surface area (Å²) < 4.78 is 47.1. The van der Waals surface area contributed by atoms with Gasteiger partial charge in [-0.15, -0.1) is 0 Å². The van der Waals surface area contributed by atoms with E-state index < -0.39 is 18.7 Å². The smallest absolute Gasteiger partial charge is 0.422 e. The average Bonchev–Trinajstić information content (AvgIpc) is 2.55. The number of carbonyl (C=O) groups excluding carboxylic acids is 1. The molecule has 0 radical (unpaired) electrons. The van der Waals surface area contributed by atoms with Gasteiger partial charge in [-0.05, 0) is 49.7 Å². The van der Waals surface area contributed by atoms with Crippen LogP contribution >= 0.6 is 0 Å². The summed E-state index contributed by atoms with van der Waals surface area (Å²) in [5.41, 5.74) is 1.32. The Morgan fingerprint density at radius 1 is 1.08 bits per heavy atom. The SMILES string of the molecule is CCOc1ccc(C(=O)Nc2ccccc2OCC(F)(F)F)cc1C. The number of aryl methyl sites for hydroxylation is 1. The summed E-state index contributed by atoms with van der Waals surface area (Å²) >= 11 is 0. The van der Waals surface area contributed by atoms with Crippen LogP contribution in [0.3, 0.4) is 0 Å². The minimum atomic E-state index is -4.46. The lowest BCUT2D eigenvalue weighted by Gasteiger charge is -2.14. The van der Waals surface area contributed by atoms with E-state index in [9.17, 15) is 18.0 Å². The first kappa shape index (κ1) is 18.6. The van der Waals surface area contributed by atoms with Gasteiger partial charge >= 0.3 is 6.18 Å². The number of hydrogen-bond donors (Lipinski definition) is 1. The van der Waals surface area contributed by atoms with E-state index in [1.54, 1.807) is 24.3 Å². The van der Waals surface area contributed by atoms with Gasteiger partial charge in [-0.2, -0.15) is 13.2 Å². The van der Waals surface area contributed by atoms with Crippen LogP contribution < -0.4 is 14.8 Å². The first-order valence-corrected chi connectivity index (χ1v) is 7.63. The number of hydrogen-bond acceptors (Lipinski definition) is 3. The topological polar surface area (TPSA) is 47.6 Å². The normalized spacial score (nSPS) is 11.1. The summed E-state index contributed by atoms with van der Waals surface area (Å²) in [4.78, 5) is 12.4. The van der Waals surface area contributed by atoms with Crippen molar-refractivity contribution in [3.8, 4) is 11.5 Å². The van der Waals surface area contributed by atoms with Crippen molar-refractivity contribution in [1.29, 1.82) is 0 Å². The molecular formula is C18H18F3NO3. The predicted octanol–water partition coefficient (Wildman–Crippen LogP) is 4.59. The van der Waals surface area contributed by atoms with Crippen LogP contribution in [-0.4, -0.2) is 25.3 Å². The minimum Gasteiger partial charge on any atom is -0.494 e. The fraction of sp³-hybridized carbons (Fsp3) is 0.278. The van der Waals surface area contributed by atoms with Gasteiger partial charge in [0.15, 0.2) is 6.61 Å². The van der Waals surface area contributed by atoms with Gasteiger partial charge in [-0.1, -0.05) is 12.1 Å². The monoisotopic (exact) mass is 353 g/mol. The molecule has 0 saturated carbocycles. The highest BCUT2D eigenvalue weighted by atomic mass is 19.4. The van der Waals surface area contributed by atoms with Gasteiger partial charge in [0.1, 0.15) is 11.5 Å². The maximum Gasteiger partial charge on any atom is 0.422 e. The van der Waals surface area contributed by atoms with E-state index in [-0.39, 0.29) is 11.4 Å². The standard InChI is InChI=1S/C18H18F3NO3/c1-3-24-15-9-8-13(10-12(15)2)17(23)22-14-6-4-5-7-16(14)25-11-18(19,20)21/h4-10H,3,11H2,1-2H3,(H,22,23). The van der Waals surface area contributed by atoms with Crippen LogP contribution in [0.2, 0.25) is 0 Å². The minimum absolute atomic E-state index is 0.0455. The van der Waals surface area contributed by atoms with E-state index in [1.165, 1.54) is 18.2 Å². The molecule has 0 aliphatic heterocycles. The lowest BCUT2D eigenvalue weighted by Crippen LogP contribution is -2.20. The molecule has 0 aliphatic carbocycles. The summed E-state index contributed by atoms with van der Waals surface area (Å²) in [7, 11) is 0. The molecule has 4 nitrogen and oxygen atoms in total. The van der Waals surface area contributed by atoms with Crippen LogP contribution in [0.4, 0.5) is 18.9 Å². The van der Waals surface area contributed by atoms with Gasteiger partial charge in [-0.25, -0.2) is 0 Å². The van der Waals surface area contributed by atoms with Crippen LogP contribution in [0.15, 0.2) is 42.5 Å². The number of rotatable bonds is 6. The Hall–Kier alpha value is -2.70. The molecule has 2 aromatic carbocycles. The molecule has 0 aliphatic rings. The molecule has 0 heterocycles. The Balaban J connectivity index is 2.14. The molecule has 0 saturated heterocycles. The molecule has 0 unspecified atom stereocenters. The van der Waals surface area contributed by atoms with Crippen molar-refractivity contribution in [3.05, 3.63) is 53.6 Å². The second-order valence-corrected chi connectivity index (χ2v) is 5.27. The third-order valence-corrected chi connectivity index (χ3v) is 3.26. The quantitative estimate of drug-likeness (QED) is 0.826. The number of halogens is 3.